The molecule has 25 heavy (non-hydrogen) atoms. The van der Waals surface area contributed by atoms with Crippen LogP contribution in [0.15, 0.2) is 48.8 Å². The summed E-state index contributed by atoms with van der Waals surface area (Å²) >= 11 is 0. The van der Waals surface area contributed by atoms with E-state index in [1.807, 2.05) is 30.3 Å². The van der Waals surface area contributed by atoms with E-state index in [0.717, 1.165) is 11.1 Å². The maximum absolute atomic E-state index is 12.0. The lowest BCUT2D eigenvalue weighted by atomic mass is 10.2. The Morgan fingerprint density at radius 3 is 2.72 bits per heavy atom. The second-order valence-electron chi connectivity index (χ2n) is 5.48. The molecule has 1 aromatic heterocycles. The molecule has 1 heterocycles. The van der Waals surface area contributed by atoms with Crippen LogP contribution in [0.5, 0.6) is 5.75 Å². The number of carbonyl (C=O) groups excluding carboxylic acids is 1. The molecule has 0 bridgehead atoms. The van der Waals surface area contributed by atoms with Crippen molar-refractivity contribution in [1.29, 1.82) is 0 Å². The minimum Gasteiger partial charge on any atom is -0.487 e. The Morgan fingerprint density at radius 1 is 1.24 bits per heavy atom. The van der Waals surface area contributed by atoms with Gasteiger partial charge in [0, 0.05) is 31.9 Å². The molecule has 0 aliphatic heterocycles. The van der Waals surface area contributed by atoms with Crippen LogP contribution in [0.25, 0.3) is 0 Å². The molecule has 0 aliphatic rings. The second-order valence-corrected chi connectivity index (χ2v) is 5.48. The van der Waals surface area contributed by atoms with Crippen LogP contribution in [-0.4, -0.2) is 40.6 Å². The number of carbonyl (C=O) groups is 2. The lowest BCUT2D eigenvalue weighted by molar-refractivity contribution is -0.137. The largest absolute Gasteiger partial charge is 0.487 e. The molecule has 0 atom stereocenters. The van der Waals surface area contributed by atoms with Crippen molar-refractivity contribution < 1.29 is 19.4 Å². The van der Waals surface area contributed by atoms with Crippen molar-refractivity contribution in [3.05, 3.63) is 59.9 Å². The number of carboxylic acids is 1. The second kappa shape index (κ2) is 9.27. The van der Waals surface area contributed by atoms with Gasteiger partial charge in [0.25, 0.3) is 0 Å². The first-order chi connectivity index (χ1) is 12.1. The van der Waals surface area contributed by atoms with Gasteiger partial charge in [0.15, 0.2) is 0 Å². The van der Waals surface area contributed by atoms with Crippen LogP contribution < -0.4 is 10.1 Å². The lowest BCUT2D eigenvalue weighted by Crippen LogP contribution is -2.38. The number of pyridine rings is 1. The first kappa shape index (κ1) is 18.3. The quantitative estimate of drug-likeness (QED) is 0.767. The molecule has 0 saturated carbocycles. The molecule has 2 rings (SSSR count). The van der Waals surface area contributed by atoms with Gasteiger partial charge in [-0.2, -0.15) is 0 Å². The number of nitrogens with one attached hydrogen (secondary N) is 1. The summed E-state index contributed by atoms with van der Waals surface area (Å²) in [6, 6.07) is 11.2. The Labute approximate surface area is 146 Å². The van der Waals surface area contributed by atoms with Crippen LogP contribution in [0, 0.1) is 0 Å². The molecular weight excluding hydrogens is 322 g/mol. The number of hydrogen-bond donors (Lipinski definition) is 2. The molecule has 0 radical (unpaired) electrons. The number of carboxylic acid groups (broad SMARTS) is 1. The molecule has 132 valence electrons. The van der Waals surface area contributed by atoms with E-state index in [9.17, 15) is 9.59 Å². The summed E-state index contributed by atoms with van der Waals surface area (Å²) in [6.45, 7) is 0.823. The fourth-order valence-electron chi connectivity index (χ4n) is 2.09. The third-order valence-corrected chi connectivity index (χ3v) is 3.55. The summed E-state index contributed by atoms with van der Waals surface area (Å²) in [4.78, 5) is 27.9. The van der Waals surface area contributed by atoms with E-state index in [0.29, 0.717) is 12.4 Å². The predicted octanol–water partition coefficient (Wildman–Crippen LogP) is 2.28. The minimum absolute atomic E-state index is 0.0926. The van der Waals surface area contributed by atoms with Gasteiger partial charge in [0.1, 0.15) is 12.4 Å². The normalized spacial score (nSPS) is 10.1. The summed E-state index contributed by atoms with van der Waals surface area (Å²) in [5.41, 5.74) is 1.83. The maximum atomic E-state index is 12.0. The van der Waals surface area contributed by atoms with Crippen molar-refractivity contribution in [2.24, 2.45) is 0 Å². The van der Waals surface area contributed by atoms with Gasteiger partial charge in [0.05, 0.1) is 12.6 Å². The third kappa shape index (κ3) is 6.14. The summed E-state index contributed by atoms with van der Waals surface area (Å²) < 4.78 is 5.79. The molecule has 0 saturated heterocycles. The van der Waals surface area contributed by atoms with Crippen molar-refractivity contribution in [1.82, 2.24) is 15.2 Å². The molecule has 0 unspecified atom stereocenters. The van der Waals surface area contributed by atoms with E-state index in [1.165, 1.54) is 4.90 Å². The number of rotatable bonds is 8. The summed E-state index contributed by atoms with van der Waals surface area (Å²) in [6.07, 6.45) is 3.15. The number of urea groups is 1. The smallest absolute Gasteiger partial charge is 0.317 e. The number of hydrogen-bond acceptors (Lipinski definition) is 4. The fraction of sp³-hybridized carbons (Fsp3) is 0.278. The van der Waals surface area contributed by atoms with E-state index in [1.54, 1.807) is 25.5 Å². The average Bonchev–Trinajstić information content (AvgIpc) is 2.63. The molecule has 0 aliphatic carbocycles. The third-order valence-electron chi connectivity index (χ3n) is 3.55. The van der Waals surface area contributed by atoms with Gasteiger partial charge in [-0.15, -0.1) is 0 Å². The van der Waals surface area contributed by atoms with Crippen molar-refractivity contribution in [2.45, 2.75) is 19.6 Å². The zero-order chi connectivity index (χ0) is 18.1. The standard InChI is InChI=1S/C18H21N3O4/c1-21(10-8-17(22)23)18(24)20-11-15-7-9-19-12-16(15)25-13-14-5-3-2-4-6-14/h2-7,9,12H,8,10-11,13H2,1H3,(H,20,24)(H,22,23). The highest BCUT2D eigenvalue weighted by molar-refractivity contribution is 5.75. The molecule has 0 fully saturated rings. The molecule has 2 amide bonds. The van der Waals surface area contributed by atoms with Crippen LogP contribution >= 0.6 is 0 Å². The molecule has 7 nitrogen and oxygen atoms in total. The SMILES string of the molecule is CN(CCC(=O)O)C(=O)NCc1ccncc1OCc1ccccc1. The number of nitrogens with zero attached hydrogens (tertiary/aromatic N) is 2. The Balaban J connectivity index is 1.89. The van der Waals surface area contributed by atoms with Gasteiger partial charge < -0.3 is 20.1 Å². The van der Waals surface area contributed by atoms with Crippen molar-refractivity contribution in [2.75, 3.05) is 13.6 Å². The number of aliphatic carboxylic acids is 1. The average molecular weight is 343 g/mol. The van der Waals surface area contributed by atoms with Crippen LogP contribution in [0.2, 0.25) is 0 Å². The van der Waals surface area contributed by atoms with E-state index in [2.05, 4.69) is 10.3 Å². The molecule has 2 aromatic rings. The molecule has 0 spiro atoms. The highest BCUT2D eigenvalue weighted by atomic mass is 16.5. The van der Waals surface area contributed by atoms with Gasteiger partial charge in [-0.05, 0) is 11.6 Å². The van der Waals surface area contributed by atoms with Gasteiger partial charge in [-0.1, -0.05) is 30.3 Å². The van der Waals surface area contributed by atoms with Crippen LogP contribution in [0.1, 0.15) is 17.5 Å². The Morgan fingerprint density at radius 2 is 2.00 bits per heavy atom. The topological polar surface area (TPSA) is 91.8 Å². The van der Waals surface area contributed by atoms with Crippen molar-refractivity contribution in [3.63, 3.8) is 0 Å². The molecule has 2 N–H and O–H groups in total. The highest BCUT2D eigenvalue weighted by Gasteiger charge is 2.11. The van der Waals surface area contributed by atoms with Gasteiger partial charge in [-0.3, -0.25) is 9.78 Å². The van der Waals surface area contributed by atoms with Gasteiger partial charge in [-0.25, -0.2) is 4.79 Å². The summed E-state index contributed by atoms with van der Waals surface area (Å²) in [7, 11) is 1.55. The van der Waals surface area contributed by atoms with E-state index < -0.39 is 5.97 Å². The number of benzene rings is 1. The minimum atomic E-state index is -0.939. The van der Waals surface area contributed by atoms with Crippen LogP contribution in [0.3, 0.4) is 0 Å². The monoisotopic (exact) mass is 343 g/mol. The lowest BCUT2D eigenvalue weighted by Gasteiger charge is -2.18. The number of ether oxygens (including phenoxy) is 1. The van der Waals surface area contributed by atoms with Gasteiger partial charge in [0.2, 0.25) is 0 Å². The Kier molecular flexibility index (Phi) is 6.76. The zero-order valence-electron chi connectivity index (χ0n) is 14.0. The fourth-order valence-corrected chi connectivity index (χ4v) is 2.09. The number of aromatic nitrogens is 1. The van der Waals surface area contributed by atoms with Crippen molar-refractivity contribution >= 4 is 12.0 Å². The van der Waals surface area contributed by atoms with Gasteiger partial charge >= 0.3 is 12.0 Å². The van der Waals surface area contributed by atoms with Crippen LogP contribution in [-0.2, 0) is 17.9 Å². The zero-order valence-corrected chi connectivity index (χ0v) is 14.0. The van der Waals surface area contributed by atoms with E-state index in [4.69, 9.17) is 9.84 Å². The number of amides is 2. The molecular formula is C18H21N3O4. The molecule has 7 heteroatoms. The Hall–Kier alpha value is -3.09. The molecule has 1 aromatic carbocycles. The first-order valence-electron chi connectivity index (χ1n) is 7.86. The van der Waals surface area contributed by atoms with Crippen molar-refractivity contribution in [3.8, 4) is 5.75 Å². The Bertz CT molecular complexity index is 706. The summed E-state index contributed by atoms with van der Waals surface area (Å²) in [5, 5.41) is 11.4. The highest BCUT2D eigenvalue weighted by Crippen LogP contribution is 2.18. The van der Waals surface area contributed by atoms with Crippen LogP contribution in [0.4, 0.5) is 4.79 Å². The maximum Gasteiger partial charge on any atom is 0.317 e. The van der Waals surface area contributed by atoms with E-state index in [-0.39, 0.29) is 25.5 Å². The predicted molar refractivity (Wildman–Crippen MR) is 92.1 cm³/mol. The van der Waals surface area contributed by atoms with E-state index >= 15 is 0 Å². The summed E-state index contributed by atoms with van der Waals surface area (Å²) in [5.74, 6) is -0.342. The first-order valence-corrected chi connectivity index (χ1v) is 7.86.